The Hall–Kier alpha value is -1.09. The van der Waals surface area contributed by atoms with Crippen molar-refractivity contribution in [3.05, 3.63) is 24.0 Å². The first-order chi connectivity index (χ1) is 8.20. The first-order valence-corrected chi connectivity index (χ1v) is 6.61. The van der Waals surface area contributed by atoms with E-state index in [2.05, 4.69) is 41.2 Å². The first-order valence-electron chi connectivity index (χ1n) is 6.61. The number of nitrogens with zero attached hydrogens (tertiary/aromatic N) is 2. The molecule has 94 valence electrons. The van der Waals surface area contributed by atoms with Crippen molar-refractivity contribution in [1.82, 2.24) is 10.3 Å². The van der Waals surface area contributed by atoms with E-state index in [-0.39, 0.29) is 0 Å². The Balaban J connectivity index is 2.04. The summed E-state index contributed by atoms with van der Waals surface area (Å²) in [5.74, 6) is 0.733. The highest BCUT2D eigenvalue weighted by Gasteiger charge is 2.23. The quantitative estimate of drug-likeness (QED) is 0.867. The molecule has 1 N–H and O–H groups in total. The van der Waals surface area contributed by atoms with E-state index in [1.54, 1.807) is 0 Å². The molecule has 1 aromatic heterocycles. The second kappa shape index (κ2) is 5.50. The van der Waals surface area contributed by atoms with E-state index in [0.717, 1.165) is 31.2 Å². The predicted octanol–water partition coefficient (Wildman–Crippen LogP) is 2.21. The fraction of sp³-hybridized carbons (Fsp3) is 0.643. The Labute approximate surface area is 104 Å². The van der Waals surface area contributed by atoms with Gasteiger partial charge in [-0.05, 0) is 25.0 Å². The van der Waals surface area contributed by atoms with Crippen LogP contribution in [0.15, 0.2) is 18.3 Å². The predicted molar refractivity (Wildman–Crippen MR) is 72.4 cm³/mol. The molecule has 0 bridgehead atoms. The van der Waals surface area contributed by atoms with Crippen LogP contribution in [0.4, 0.5) is 5.69 Å². The molecule has 1 aliphatic heterocycles. The van der Waals surface area contributed by atoms with Crippen LogP contribution in [0.2, 0.25) is 0 Å². The van der Waals surface area contributed by atoms with Crippen molar-refractivity contribution in [2.45, 2.75) is 33.2 Å². The molecule has 2 unspecified atom stereocenters. The molecule has 0 aromatic carbocycles. The van der Waals surface area contributed by atoms with Crippen LogP contribution < -0.4 is 10.2 Å². The minimum Gasteiger partial charge on any atom is -0.367 e. The zero-order valence-electron chi connectivity index (χ0n) is 11.1. The van der Waals surface area contributed by atoms with Crippen LogP contribution in [0.5, 0.6) is 0 Å². The van der Waals surface area contributed by atoms with Gasteiger partial charge in [0.05, 0.1) is 11.9 Å². The number of piperazine rings is 1. The summed E-state index contributed by atoms with van der Waals surface area (Å²) >= 11 is 0. The number of anilines is 1. The molecular formula is C14H23N3. The number of nitrogens with one attached hydrogen (secondary N) is 1. The number of aryl methyl sites for hydroxylation is 1. The van der Waals surface area contributed by atoms with Crippen molar-refractivity contribution in [3.63, 3.8) is 0 Å². The Bertz CT molecular complexity index is 347. The molecule has 3 nitrogen and oxygen atoms in total. The van der Waals surface area contributed by atoms with Gasteiger partial charge in [0, 0.05) is 31.4 Å². The highest BCUT2D eigenvalue weighted by molar-refractivity contribution is 5.45. The lowest BCUT2D eigenvalue weighted by Crippen LogP contribution is -2.53. The number of aromatic nitrogens is 1. The fourth-order valence-corrected chi connectivity index (χ4v) is 2.33. The van der Waals surface area contributed by atoms with Crippen LogP contribution in [0, 0.1) is 12.8 Å². The van der Waals surface area contributed by atoms with E-state index in [4.69, 9.17) is 0 Å². The van der Waals surface area contributed by atoms with Gasteiger partial charge < -0.3 is 10.2 Å². The summed E-state index contributed by atoms with van der Waals surface area (Å²) < 4.78 is 0. The van der Waals surface area contributed by atoms with Gasteiger partial charge in [0.25, 0.3) is 0 Å². The van der Waals surface area contributed by atoms with Crippen LogP contribution in [0.25, 0.3) is 0 Å². The number of pyridine rings is 1. The second-order valence-electron chi connectivity index (χ2n) is 5.05. The molecule has 0 radical (unpaired) electrons. The Morgan fingerprint density at radius 1 is 1.53 bits per heavy atom. The Morgan fingerprint density at radius 3 is 3.00 bits per heavy atom. The van der Waals surface area contributed by atoms with E-state index in [9.17, 15) is 0 Å². The average Bonchev–Trinajstić information content (AvgIpc) is 2.39. The first kappa shape index (κ1) is 12.4. The molecule has 1 saturated heterocycles. The molecule has 0 amide bonds. The molecule has 0 saturated carbocycles. The third-order valence-electron chi connectivity index (χ3n) is 3.80. The van der Waals surface area contributed by atoms with Gasteiger partial charge in [0.2, 0.25) is 0 Å². The van der Waals surface area contributed by atoms with E-state index >= 15 is 0 Å². The molecule has 1 aromatic rings. The Morgan fingerprint density at radius 2 is 2.35 bits per heavy atom. The zero-order valence-corrected chi connectivity index (χ0v) is 11.1. The lowest BCUT2D eigenvalue weighted by molar-refractivity contribution is 0.341. The monoisotopic (exact) mass is 233 g/mol. The molecule has 1 aliphatic rings. The highest BCUT2D eigenvalue weighted by atomic mass is 15.2. The summed E-state index contributed by atoms with van der Waals surface area (Å²) in [5.41, 5.74) is 2.34. The zero-order chi connectivity index (χ0) is 12.3. The van der Waals surface area contributed by atoms with E-state index in [1.165, 1.54) is 12.1 Å². The summed E-state index contributed by atoms with van der Waals surface area (Å²) in [5, 5.41) is 3.62. The van der Waals surface area contributed by atoms with E-state index < -0.39 is 0 Å². The normalized spacial score (nSPS) is 22.5. The van der Waals surface area contributed by atoms with Gasteiger partial charge in [-0.3, -0.25) is 4.98 Å². The van der Waals surface area contributed by atoms with Gasteiger partial charge >= 0.3 is 0 Å². The van der Waals surface area contributed by atoms with Crippen molar-refractivity contribution < 1.29 is 0 Å². The topological polar surface area (TPSA) is 28.2 Å². The minimum absolute atomic E-state index is 0.607. The van der Waals surface area contributed by atoms with Gasteiger partial charge in [0.15, 0.2) is 0 Å². The summed E-state index contributed by atoms with van der Waals surface area (Å²) in [6.07, 6.45) is 3.23. The maximum atomic E-state index is 4.38. The van der Waals surface area contributed by atoms with E-state index in [0.29, 0.717) is 6.04 Å². The van der Waals surface area contributed by atoms with Crippen molar-refractivity contribution in [2.24, 2.45) is 5.92 Å². The fourth-order valence-electron chi connectivity index (χ4n) is 2.33. The molecule has 2 heterocycles. The van der Waals surface area contributed by atoms with Crippen molar-refractivity contribution in [1.29, 1.82) is 0 Å². The summed E-state index contributed by atoms with van der Waals surface area (Å²) in [6.45, 7) is 9.87. The van der Waals surface area contributed by atoms with Gasteiger partial charge in [0.1, 0.15) is 0 Å². The standard InChI is InChI=1S/C14H23N3/c1-4-11(2)14-10-17(8-7-15-14)13-6-5-12(3)16-9-13/h5-6,9,11,14-15H,4,7-8,10H2,1-3H3. The molecule has 2 atom stereocenters. The average molecular weight is 233 g/mol. The van der Waals surface area contributed by atoms with Crippen LogP contribution in [-0.2, 0) is 0 Å². The molecule has 1 fully saturated rings. The number of hydrogen-bond acceptors (Lipinski definition) is 3. The van der Waals surface area contributed by atoms with Gasteiger partial charge in [-0.2, -0.15) is 0 Å². The Kier molecular flexibility index (Phi) is 4.00. The summed E-state index contributed by atoms with van der Waals surface area (Å²) in [4.78, 5) is 6.83. The van der Waals surface area contributed by atoms with Crippen LogP contribution in [0.1, 0.15) is 26.0 Å². The molecule has 2 rings (SSSR count). The molecule has 17 heavy (non-hydrogen) atoms. The number of rotatable bonds is 3. The second-order valence-corrected chi connectivity index (χ2v) is 5.05. The highest BCUT2D eigenvalue weighted by Crippen LogP contribution is 2.18. The van der Waals surface area contributed by atoms with Gasteiger partial charge in [-0.1, -0.05) is 20.3 Å². The van der Waals surface area contributed by atoms with Crippen molar-refractivity contribution >= 4 is 5.69 Å². The van der Waals surface area contributed by atoms with Gasteiger partial charge in [-0.15, -0.1) is 0 Å². The largest absolute Gasteiger partial charge is 0.367 e. The lowest BCUT2D eigenvalue weighted by Gasteiger charge is -2.37. The lowest BCUT2D eigenvalue weighted by atomic mass is 9.97. The molecule has 0 spiro atoms. The minimum atomic E-state index is 0.607. The van der Waals surface area contributed by atoms with E-state index in [1.807, 2.05) is 13.1 Å². The molecular weight excluding hydrogens is 210 g/mol. The smallest absolute Gasteiger partial charge is 0.0553 e. The summed E-state index contributed by atoms with van der Waals surface area (Å²) in [6, 6.07) is 4.88. The van der Waals surface area contributed by atoms with Crippen LogP contribution in [0.3, 0.4) is 0 Å². The SMILES string of the molecule is CCC(C)C1CN(c2ccc(C)nc2)CCN1. The van der Waals surface area contributed by atoms with Crippen molar-refractivity contribution in [2.75, 3.05) is 24.5 Å². The molecule has 0 aliphatic carbocycles. The maximum Gasteiger partial charge on any atom is 0.0553 e. The van der Waals surface area contributed by atoms with Crippen molar-refractivity contribution in [3.8, 4) is 0 Å². The molecule has 3 heteroatoms. The third kappa shape index (κ3) is 2.97. The summed E-state index contributed by atoms with van der Waals surface area (Å²) in [7, 11) is 0. The third-order valence-corrected chi connectivity index (χ3v) is 3.80. The maximum absolute atomic E-state index is 4.38. The van der Waals surface area contributed by atoms with Gasteiger partial charge in [-0.25, -0.2) is 0 Å². The number of hydrogen-bond donors (Lipinski definition) is 1. The van der Waals surface area contributed by atoms with Crippen LogP contribution >= 0.6 is 0 Å². The van der Waals surface area contributed by atoms with Crippen LogP contribution in [-0.4, -0.2) is 30.7 Å².